The van der Waals surface area contributed by atoms with Crippen LogP contribution in [0.2, 0.25) is 0 Å². The molecule has 0 unspecified atom stereocenters. The number of thioether (sulfide) groups is 4. The molecule has 0 bridgehead atoms. The normalized spacial score (nSPS) is 11.2. The van der Waals surface area contributed by atoms with Crippen LogP contribution in [0.5, 0.6) is 0 Å². The number of rotatable bonds is 28. The maximum absolute atomic E-state index is 12.5. The molecule has 240 valence electrons. The largest absolute Gasteiger partial charge is 0.465 e. The van der Waals surface area contributed by atoms with E-state index in [9.17, 15) is 19.2 Å². The quantitative estimate of drug-likeness (QED) is 0.0538. The van der Waals surface area contributed by atoms with Crippen molar-refractivity contribution in [2.45, 2.75) is 77.0 Å². The highest BCUT2D eigenvalue weighted by Crippen LogP contribution is 2.23. The Morgan fingerprint density at radius 3 is 0.829 bits per heavy atom. The van der Waals surface area contributed by atoms with Crippen molar-refractivity contribution >= 4 is 70.9 Å². The van der Waals surface area contributed by atoms with E-state index in [2.05, 4.69) is 0 Å². The molecule has 0 spiro atoms. The van der Waals surface area contributed by atoms with Gasteiger partial charge in [-0.25, -0.2) is 0 Å². The van der Waals surface area contributed by atoms with E-state index in [0.29, 0.717) is 25.7 Å². The van der Waals surface area contributed by atoms with Gasteiger partial charge in [0.15, 0.2) is 0 Å². The van der Waals surface area contributed by atoms with Crippen molar-refractivity contribution in [2.75, 3.05) is 74.5 Å². The molecule has 0 atom stereocenters. The van der Waals surface area contributed by atoms with E-state index in [1.54, 1.807) is 47.0 Å². The lowest BCUT2D eigenvalue weighted by molar-refractivity contribution is -0.170. The molecule has 0 amide bonds. The summed E-state index contributed by atoms with van der Waals surface area (Å²) in [7, 11) is 0. The predicted molar refractivity (Wildman–Crippen MR) is 175 cm³/mol. The van der Waals surface area contributed by atoms with E-state index in [1.165, 1.54) is 0 Å². The van der Waals surface area contributed by atoms with Gasteiger partial charge in [-0.05, 0) is 99.4 Å². The Bertz CT molecular complexity index is 591. The summed E-state index contributed by atoms with van der Waals surface area (Å²) < 4.78 is 22.4. The summed E-state index contributed by atoms with van der Waals surface area (Å²) in [5.74, 6) is 2.31. The van der Waals surface area contributed by atoms with Gasteiger partial charge in [-0.15, -0.1) is 0 Å². The Hall–Kier alpha value is -0.720. The molecule has 0 rings (SSSR count). The summed E-state index contributed by atoms with van der Waals surface area (Å²) >= 11 is 6.89. The van der Waals surface area contributed by atoms with Gasteiger partial charge in [0.1, 0.15) is 31.8 Å². The lowest BCUT2D eigenvalue weighted by atomic mass is 9.92. The summed E-state index contributed by atoms with van der Waals surface area (Å²) in [5, 5.41) is 0. The van der Waals surface area contributed by atoms with Gasteiger partial charge in [-0.1, -0.05) is 0 Å². The minimum atomic E-state index is -1.19. The number of hydrogen-bond acceptors (Lipinski definition) is 12. The zero-order valence-corrected chi connectivity index (χ0v) is 28.8. The lowest BCUT2D eigenvalue weighted by Crippen LogP contribution is -2.44. The van der Waals surface area contributed by atoms with Crippen LogP contribution in [0, 0.1) is 5.41 Å². The van der Waals surface area contributed by atoms with Crippen LogP contribution in [-0.2, 0) is 38.1 Å². The van der Waals surface area contributed by atoms with Crippen LogP contribution in [0.4, 0.5) is 0 Å². The molecule has 0 saturated carbocycles. The highest BCUT2D eigenvalue weighted by molar-refractivity contribution is 7.99. The smallest absolute Gasteiger partial charge is 0.305 e. The molecule has 0 heterocycles. The number of hydrogen-bond donors (Lipinski definition) is 0. The highest BCUT2D eigenvalue weighted by atomic mass is 32.2. The monoisotopic (exact) mass is 656 g/mol. The first-order chi connectivity index (χ1) is 19.8. The summed E-state index contributed by atoms with van der Waals surface area (Å²) in [6, 6.07) is 0. The summed E-state index contributed by atoms with van der Waals surface area (Å²) in [4.78, 5) is 50.1. The SMILES string of the molecule is CSCCCCC(=O)OCC(COC(=O)CCCCSC)(COC(=O)CCCCSC)COC(=O)CCCCSC. The average molecular weight is 657 g/mol. The number of carbonyl (C=O) groups excluding carboxylic acids is 4. The number of unbranched alkanes of at least 4 members (excludes halogenated alkanes) is 4. The van der Waals surface area contributed by atoms with Gasteiger partial charge in [0.2, 0.25) is 0 Å². The highest BCUT2D eigenvalue weighted by Gasteiger charge is 2.38. The average Bonchev–Trinajstić information content (AvgIpc) is 2.97. The fourth-order valence-electron chi connectivity index (χ4n) is 3.54. The summed E-state index contributed by atoms with van der Waals surface area (Å²) in [6.07, 6.45) is 15.5. The third kappa shape index (κ3) is 24.4. The van der Waals surface area contributed by atoms with Crippen LogP contribution in [0.15, 0.2) is 0 Å². The maximum atomic E-state index is 12.5. The van der Waals surface area contributed by atoms with Crippen molar-refractivity contribution in [2.24, 2.45) is 5.41 Å². The van der Waals surface area contributed by atoms with Gasteiger partial charge >= 0.3 is 23.9 Å². The van der Waals surface area contributed by atoms with Crippen LogP contribution >= 0.6 is 47.0 Å². The fraction of sp³-hybridized carbons (Fsp3) is 0.862. The molecule has 41 heavy (non-hydrogen) atoms. The summed E-state index contributed by atoms with van der Waals surface area (Å²) in [6.45, 7) is -0.748. The molecule has 0 aromatic rings. The van der Waals surface area contributed by atoms with Crippen molar-refractivity contribution in [3.05, 3.63) is 0 Å². The van der Waals surface area contributed by atoms with E-state index < -0.39 is 5.41 Å². The van der Waals surface area contributed by atoms with E-state index >= 15 is 0 Å². The molecule has 0 aliphatic rings. The Balaban J connectivity index is 5.47. The van der Waals surface area contributed by atoms with Crippen LogP contribution in [0.25, 0.3) is 0 Å². The summed E-state index contributed by atoms with van der Waals surface area (Å²) in [5.41, 5.74) is -1.19. The predicted octanol–water partition coefficient (Wildman–Crippen LogP) is 6.28. The van der Waals surface area contributed by atoms with E-state index in [-0.39, 0.29) is 76.0 Å². The molecule has 0 aromatic heterocycles. The number of carbonyl (C=O) groups is 4. The Morgan fingerprint density at radius 1 is 0.415 bits per heavy atom. The molecule has 0 saturated heterocycles. The first kappa shape index (κ1) is 40.3. The number of esters is 4. The molecule has 0 radical (unpaired) electrons. The van der Waals surface area contributed by atoms with Gasteiger partial charge < -0.3 is 18.9 Å². The van der Waals surface area contributed by atoms with Gasteiger partial charge in [0, 0.05) is 25.7 Å². The zero-order chi connectivity index (χ0) is 30.6. The van der Waals surface area contributed by atoms with Crippen molar-refractivity contribution < 1.29 is 38.1 Å². The molecule has 0 aliphatic heterocycles. The second-order valence-corrected chi connectivity index (χ2v) is 13.9. The minimum Gasteiger partial charge on any atom is -0.465 e. The van der Waals surface area contributed by atoms with E-state index in [4.69, 9.17) is 18.9 Å². The van der Waals surface area contributed by atoms with Crippen LogP contribution in [-0.4, -0.2) is 98.3 Å². The van der Waals surface area contributed by atoms with Crippen LogP contribution in [0.3, 0.4) is 0 Å². The lowest BCUT2D eigenvalue weighted by Gasteiger charge is -2.31. The van der Waals surface area contributed by atoms with Crippen LogP contribution < -0.4 is 0 Å². The standard InChI is InChI=1S/C29H52O8S4/c1-38-17-9-5-13-25(30)34-21-29(22-35-26(31)14-6-10-18-39-2,23-36-27(32)15-7-11-19-40-3)24-37-28(33)16-8-12-20-41-4/h5-24H2,1-4H3. The topological polar surface area (TPSA) is 105 Å². The molecule has 12 heteroatoms. The molecule has 8 nitrogen and oxygen atoms in total. The fourth-order valence-corrected chi connectivity index (χ4v) is 5.51. The Morgan fingerprint density at radius 2 is 0.634 bits per heavy atom. The molecule has 0 N–H and O–H groups in total. The van der Waals surface area contributed by atoms with Crippen molar-refractivity contribution in [3.8, 4) is 0 Å². The van der Waals surface area contributed by atoms with E-state index in [1.807, 2.05) is 25.0 Å². The van der Waals surface area contributed by atoms with E-state index in [0.717, 1.165) is 48.7 Å². The van der Waals surface area contributed by atoms with Crippen LogP contribution in [0.1, 0.15) is 77.0 Å². The van der Waals surface area contributed by atoms with Gasteiger partial charge in [-0.2, -0.15) is 47.0 Å². The van der Waals surface area contributed by atoms with Crippen molar-refractivity contribution in [1.29, 1.82) is 0 Å². The first-order valence-electron chi connectivity index (χ1n) is 14.4. The second kappa shape index (κ2) is 28.1. The van der Waals surface area contributed by atoms with Gasteiger partial charge in [-0.3, -0.25) is 19.2 Å². The third-order valence-electron chi connectivity index (χ3n) is 6.07. The Labute approximate surface area is 265 Å². The Kier molecular flexibility index (Phi) is 27.6. The number of ether oxygens (including phenoxy) is 4. The maximum Gasteiger partial charge on any atom is 0.305 e. The molecule has 0 aromatic carbocycles. The van der Waals surface area contributed by atoms with Crippen molar-refractivity contribution in [1.82, 2.24) is 0 Å². The van der Waals surface area contributed by atoms with Gasteiger partial charge in [0.25, 0.3) is 0 Å². The molecule has 0 fully saturated rings. The molecular weight excluding hydrogens is 605 g/mol. The third-order valence-corrected chi connectivity index (χ3v) is 8.86. The second-order valence-electron chi connectivity index (χ2n) is 9.94. The first-order valence-corrected chi connectivity index (χ1v) is 20.0. The zero-order valence-electron chi connectivity index (χ0n) is 25.5. The molecular formula is C29H52O8S4. The minimum absolute atomic E-state index is 0.187. The molecule has 0 aliphatic carbocycles. The van der Waals surface area contributed by atoms with Gasteiger partial charge in [0.05, 0.1) is 0 Å². The van der Waals surface area contributed by atoms with Crippen molar-refractivity contribution in [3.63, 3.8) is 0 Å².